The summed E-state index contributed by atoms with van der Waals surface area (Å²) in [5, 5.41) is 18.2. The van der Waals surface area contributed by atoms with Crippen LogP contribution in [0.3, 0.4) is 0 Å². The predicted octanol–water partition coefficient (Wildman–Crippen LogP) is 3.16. The van der Waals surface area contributed by atoms with Gasteiger partial charge in [-0.1, -0.05) is 27.3 Å². The van der Waals surface area contributed by atoms with E-state index >= 15 is 0 Å². The van der Waals surface area contributed by atoms with E-state index < -0.39 is 12.0 Å². The van der Waals surface area contributed by atoms with Crippen LogP contribution in [0.15, 0.2) is 22.7 Å². The molecule has 0 unspecified atom stereocenters. The van der Waals surface area contributed by atoms with Crippen molar-refractivity contribution in [2.75, 3.05) is 11.4 Å². The van der Waals surface area contributed by atoms with Crippen LogP contribution in [0.4, 0.5) is 9.52 Å². The Bertz CT molecular complexity index is 694. The number of aromatic nitrogens is 2. The van der Waals surface area contributed by atoms with E-state index in [2.05, 4.69) is 26.1 Å². The highest BCUT2D eigenvalue weighted by molar-refractivity contribution is 9.10. The highest BCUT2D eigenvalue weighted by Crippen LogP contribution is 2.34. The summed E-state index contributed by atoms with van der Waals surface area (Å²) in [7, 11) is 0. The van der Waals surface area contributed by atoms with Gasteiger partial charge in [-0.15, -0.1) is 10.2 Å². The largest absolute Gasteiger partial charge is 0.480 e. The van der Waals surface area contributed by atoms with Gasteiger partial charge < -0.3 is 10.0 Å². The lowest BCUT2D eigenvalue weighted by atomic mass is 10.2. The lowest BCUT2D eigenvalue weighted by molar-refractivity contribution is -0.138. The number of carbonyl (C=O) groups is 1. The summed E-state index contributed by atoms with van der Waals surface area (Å²) in [6, 6.07) is 4.04. The molecule has 21 heavy (non-hydrogen) atoms. The van der Waals surface area contributed by atoms with Gasteiger partial charge in [0.15, 0.2) is 5.01 Å². The van der Waals surface area contributed by atoms with Crippen LogP contribution in [0.25, 0.3) is 10.6 Å². The molecule has 5 nitrogen and oxygen atoms in total. The molecule has 8 heteroatoms. The molecule has 1 atom stereocenters. The summed E-state index contributed by atoms with van der Waals surface area (Å²) in [6.07, 6.45) is 1.40. The van der Waals surface area contributed by atoms with E-state index in [4.69, 9.17) is 0 Å². The standard InChI is InChI=1S/C13H11BrFN3O2S/c14-7-3-4-9(15)8(6-7)11-16-17-13(21-11)18-5-1-2-10(18)12(19)20/h3-4,6,10H,1-2,5H2,(H,19,20)/t10-/m0/s1. The molecule has 1 aliphatic rings. The monoisotopic (exact) mass is 371 g/mol. The fraction of sp³-hybridized carbons (Fsp3) is 0.308. The topological polar surface area (TPSA) is 66.3 Å². The minimum absolute atomic E-state index is 0.360. The van der Waals surface area contributed by atoms with Gasteiger partial charge in [0.2, 0.25) is 5.13 Å². The summed E-state index contributed by atoms with van der Waals surface area (Å²) in [5.41, 5.74) is 0.360. The van der Waals surface area contributed by atoms with Gasteiger partial charge in [-0.2, -0.15) is 0 Å². The molecule has 1 fully saturated rings. The quantitative estimate of drug-likeness (QED) is 0.897. The van der Waals surface area contributed by atoms with Crippen LogP contribution in [0, 0.1) is 5.82 Å². The normalized spacial score (nSPS) is 18.2. The molecule has 0 radical (unpaired) electrons. The molecule has 1 N–H and O–H groups in total. The number of carboxylic acid groups (broad SMARTS) is 1. The van der Waals surface area contributed by atoms with Crippen LogP contribution in [0.2, 0.25) is 0 Å². The Morgan fingerprint density at radius 1 is 1.48 bits per heavy atom. The number of nitrogens with zero attached hydrogens (tertiary/aromatic N) is 3. The first-order chi connectivity index (χ1) is 10.1. The van der Waals surface area contributed by atoms with Gasteiger partial charge in [0, 0.05) is 16.6 Å². The van der Waals surface area contributed by atoms with Crippen molar-refractivity contribution in [2.45, 2.75) is 18.9 Å². The zero-order valence-electron chi connectivity index (χ0n) is 10.8. The molecule has 0 spiro atoms. The van der Waals surface area contributed by atoms with Gasteiger partial charge in [0.25, 0.3) is 0 Å². The van der Waals surface area contributed by atoms with Crippen molar-refractivity contribution in [3.05, 3.63) is 28.5 Å². The molecule has 0 bridgehead atoms. The number of aliphatic carboxylic acids is 1. The molecule has 1 saturated heterocycles. The first kappa shape index (κ1) is 14.4. The lowest BCUT2D eigenvalue weighted by Crippen LogP contribution is -2.35. The number of hydrogen-bond acceptors (Lipinski definition) is 5. The maximum atomic E-state index is 13.9. The average molecular weight is 372 g/mol. The fourth-order valence-corrected chi connectivity index (χ4v) is 3.65. The number of rotatable bonds is 3. The molecule has 0 amide bonds. The molecule has 3 rings (SSSR count). The van der Waals surface area contributed by atoms with Crippen molar-refractivity contribution >= 4 is 38.4 Å². The van der Waals surface area contributed by atoms with E-state index in [0.717, 1.165) is 10.9 Å². The van der Waals surface area contributed by atoms with Gasteiger partial charge in [0.1, 0.15) is 11.9 Å². The van der Waals surface area contributed by atoms with Crippen molar-refractivity contribution < 1.29 is 14.3 Å². The summed E-state index contributed by atoms with van der Waals surface area (Å²) >= 11 is 4.50. The van der Waals surface area contributed by atoms with E-state index in [-0.39, 0.29) is 5.82 Å². The number of halogens is 2. The van der Waals surface area contributed by atoms with Gasteiger partial charge in [-0.05, 0) is 31.0 Å². The first-order valence-electron chi connectivity index (χ1n) is 6.34. The van der Waals surface area contributed by atoms with Crippen LogP contribution >= 0.6 is 27.3 Å². The molecule has 0 aliphatic carbocycles. The van der Waals surface area contributed by atoms with Crippen molar-refractivity contribution in [3.8, 4) is 10.6 Å². The second kappa shape index (κ2) is 5.69. The number of hydrogen-bond donors (Lipinski definition) is 1. The van der Waals surface area contributed by atoms with Crippen molar-refractivity contribution in [1.29, 1.82) is 0 Å². The Kier molecular flexibility index (Phi) is 3.90. The molecule has 2 aromatic rings. The van der Waals surface area contributed by atoms with Crippen LogP contribution in [0.1, 0.15) is 12.8 Å². The molecule has 1 aromatic heterocycles. The van der Waals surface area contributed by atoms with E-state index in [1.54, 1.807) is 17.0 Å². The maximum Gasteiger partial charge on any atom is 0.326 e. The van der Waals surface area contributed by atoms with Gasteiger partial charge in [-0.25, -0.2) is 9.18 Å². The maximum absolute atomic E-state index is 13.9. The third-order valence-electron chi connectivity index (χ3n) is 3.36. The van der Waals surface area contributed by atoms with Crippen LogP contribution < -0.4 is 4.90 Å². The van der Waals surface area contributed by atoms with Crippen molar-refractivity contribution in [3.63, 3.8) is 0 Å². The molecule has 1 aromatic carbocycles. The number of carboxylic acids is 1. The van der Waals surface area contributed by atoms with Crippen LogP contribution in [0.5, 0.6) is 0 Å². The van der Waals surface area contributed by atoms with E-state index in [9.17, 15) is 14.3 Å². The van der Waals surface area contributed by atoms with Gasteiger partial charge in [-0.3, -0.25) is 0 Å². The predicted molar refractivity (Wildman–Crippen MR) is 81.0 cm³/mol. The first-order valence-corrected chi connectivity index (χ1v) is 7.95. The zero-order chi connectivity index (χ0) is 15.0. The lowest BCUT2D eigenvalue weighted by Gasteiger charge is -2.19. The van der Waals surface area contributed by atoms with Crippen molar-refractivity contribution in [1.82, 2.24) is 10.2 Å². The fourth-order valence-electron chi connectivity index (χ4n) is 2.35. The number of benzene rings is 1. The number of anilines is 1. The van der Waals surface area contributed by atoms with Crippen molar-refractivity contribution in [2.24, 2.45) is 0 Å². The van der Waals surface area contributed by atoms with Gasteiger partial charge in [0.05, 0.1) is 0 Å². The Labute approximate surface area is 132 Å². The second-order valence-corrected chi connectivity index (χ2v) is 6.58. The van der Waals surface area contributed by atoms with Crippen LogP contribution in [-0.2, 0) is 4.79 Å². The molecular weight excluding hydrogens is 361 g/mol. The van der Waals surface area contributed by atoms with E-state index in [1.165, 1.54) is 17.4 Å². The Balaban J connectivity index is 1.93. The summed E-state index contributed by atoms with van der Waals surface area (Å²) in [5.74, 6) is -1.24. The minimum Gasteiger partial charge on any atom is -0.480 e. The molecule has 1 aliphatic heterocycles. The van der Waals surface area contributed by atoms with E-state index in [1.807, 2.05) is 0 Å². The summed E-state index contributed by atoms with van der Waals surface area (Å²) in [4.78, 5) is 12.9. The highest BCUT2D eigenvalue weighted by atomic mass is 79.9. The van der Waals surface area contributed by atoms with Crippen LogP contribution in [-0.4, -0.2) is 33.9 Å². The molecule has 110 valence electrons. The molecular formula is C13H11BrFN3O2S. The minimum atomic E-state index is -0.863. The Hall–Kier alpha value is -1.54. The van der Waals surface area contributed by atoms with E-state index in [0.29, 0.717) is 28.7 Å². The second-order valence-electron chi connectivity index (χ2n) is 4.70. The summed E-state index contributed by atoms with van der Waals surface area (Å²) < 4.78 is 14.6. The zero-order valence-corrected chi connectivity index (χ0v) is 13.2. The molecule has 2 heterocycles. The highest BCUT2D eigenvalue weighted by Gasteiger charge is 2.32. The van der Waals surface area contributed by atoms with Gasteiger partial charge >= 0.3 is 5.97 Å². The molecule has 0 saturated carbocycles. The Morgan fingerprint density at radius 2 is 2.29 bits per heavy atom. The average Bonchev–Trinajstić information content (AvgIpc) is 3.08. The SMILES string of the molecule is O=C(O)[C@@H]1CCCN1c1nnc(-c2cc(Br)ccc2F)s1. The Morgan fingerprint density at radius 3 is 3.05 bits per heavy atom. The third-order valence-corrected chi connectivity index (χ3v) is 4.84. The smallest absolute Gasteiger partial charge is 0.326 e. The summed E-state index contributed by atoms with van der Waals surface area (Å²) in [6.45, 7) is 0.632. The third kappa shape index (κ3) is 2.77.